The Bertz CT molecular complexity index is 1100. The van der Waals surface area contributed by atoms with Crippen LogP contribution in [0.1, 0.15) is 16.8 Å². The van der Waals surface area contributed by atoms with Gasteiger partial charge in [-0.1, -0.05) is 66.7 Å². The summed E-state index contributed by atoms with van der Waals surface area (Å²) in [6.45, 7) is 0.497. The van der Waals surface area contributed by atoms with Crippen molar-refractivity contribution in [1.82, 2.24) is 4.98 Å². The predicted molar refractivity (Wildman–Crippen MR) is 114 cm³/mol. The molecule has 0 amide bonds. The molecule has 4 aromatic rings. The van der Waals surface area contributed by atoms with Crippen molar-refractivity contribution in [2.75, 3.05) is 7.11 Å². The van der Waals surface area contributed by atoms with Crippen LogP contribution in [0.3, 0.4) is 0 Å². The van der Waals surface area contributed by atoms with Crippen LogP contribution >= 0.6 is 0 Å². The molecule has 1 aromatic heterocycles. The number of ether oxygens (including phenoxy) is 2. The van der Waals surface area contributed by atoms with Crippen LogP contribution in [-0.4, -0.2) is 12.1 Å². The van der Waals surface area contributed by atoms with Gasteiger partial charge in [0.2, 0.25) is 0 Å². The van der Waals surface area contributed by atoms with E-state index in [2.05, 4.69) is 17.1 Å². The average Bonchev–Trinajstić information content (AvgIpc) is 2.77. The average molecular weight is 367 g/mol. The molecular formula is C25H21NO2. The summed E-state index contributed by atoms with van der Waals surface area (Å²) in [6.07, 6.45) is 4.04. The van der Waals surface area contributed by atoms with Gasteiger partial charge in [0.15, 0.2) is 11.5 Å². The minimum Gasteiger partial charge on any atom is -0.493 e. The Morgan fingerprint density at radius 3 is 2.46 bits per heavy atom. The van der Waals surface area contributed by atoms with Gasteiger partial charge < -0.3 is 9.47 Å². The van der Waals surface area contributed by atoms with Crippen molar-refractivity contribution >= 4 is 23.1 Å². The molecule has 0 aliphatic heterocycles. The van der Waals surface area contributed by atoms with Gasteiger partial charge in [0, 0.05) is 5.39 Å². The molecule has 0 saturated carbocycles. The van der Waals surface area contributed by atoms with Gasteiger partial charge >= 0.3 is 0 Å². The van der Waals surface area contributed by atoms with E-state index in [9.17, 15) is 0 Å². The first kappa shape index (κ1) is 17.8. The zero-order chi connectivity index (χ0) is 19.2. The topological polar surface area (TPSA) is 31.4 Å². The summed E-state index contributed by atoms with van der Waals surface area (Å²) in [6, 6.07) is 28.2. The maximum absolute atomic E-state index is 5.99. The largest absolute Gasteiger partial charge is 0.493 e. The third kappa shape index (κ3) is 4.21. The van der Waals surface area contributed by atoms with Crippen LogP contribution in [0.2, 0.25) is 0 Å². The van der Waals surface area contributed by atoms with Crippen LogP contribution in [0, 0.1) is 0 Å². The number of aromatic nitrogens is 1. The van der Waals surface area contributed by atoms with Gasteiger partial charge in [-0.25, -0.2) is 4.98 Å². The standard InChI is InChI=1S/C25H21NO2/c1-27-24-16-12-19(17-25(24)28-18-20-7-3-2-4-8-20)11-14-22-15-13-21-9-5-6-10-23(21)26-22/h2-17H,18H2,1H3. The van der Waals surface area contributed by atoms with Gasteiger partial charge in [-0.15, -0.1) is 0 Å². The fourth-order valence-electron chi connectivity index (χ4n) is 3.00. The lowest BCUT2D eigenvalue weighted by atomic mass is 10.1. The van der Waals surface area contributed by atoms with Gasteiger partial charge in [0.1, 0.15) is 6.61 Å². The van der Waals surface area contributed by atoms with E-state index in [1.807, 2.05) is 84.9 Å². The summed E-state index contributed by atoms with van der Waals surface area (Å²) in [5, 5.41) is 1.14. The van der Waals surface area contributed by atoms with E-state index in [0.717, 1.165) is 39.2 Å². The molecular weight excluding hydrogens is 346 g/mol. The lowest BCUT2D eigenvalue weighted by Gasteiger charge is -2.11. The number of pyridine rings is 1. The molecule has 0 bridgehead atoms. The maximum Gasteiger partial charge on any atom is 0.162 e. The summed E-state index contributed by atoms with van der Waals surface area (Å²) in [4.78, 5) is 4.68. The number of hydrogen-bond donors (Lipinski definition) is 0. The lowest BCUT2D eigenvalue weighted by Crippen LogP contribution is -1.97. The van der Waals surface area contributed by atoms with E-state index < -0.39 is 0 Å². The van der Waals surface area contributed by atoms with E-state index >= 15 is 0 Å². The van der Waals surface area contributed by atoms with E-state index in [-0.39, 0.29) is 0 Å². The quantitative estimate of drug-likeness (QED) is 0.419. The first-order valence-electron chi connectivity index (χ1n) is 9.20. The molecule has 0 aliphatic carbocycles. The Hall–Kier alpha value is -3.59. The third-order valence-electron chi connectivity index (χ3n) is 4.49. The molecule has 28 heavy (non-hydrogen) atoms. The minimum atomic E-state index is 0.497. The summed E-state index contributed by atoms with van der Waals surface area (Å²) in [7, 11) is 1.65. The molecule has 0 spiro atoms. The zero-order valence-corrected chi connectivity index (χ0v) is 15.7. The molecule has 0 saturated heterocycles. The Morgan fingerprint density at radius 1 is 0.786 bits per heavy atom. The first-order valence-corrected chi connectivity index (χ1v) is 9.20. The van der Waals surface area contributed by atoms with Crippen molar-refractivity contribution in [3.05, 3.63) is 102 Å². The number of nitrogens with zero attached hydrogens (tertiary/aromatic N) is 1. The normalized spacial score (nSPS) is 11.0. The summed E-state index contributed by atoms with van der Waals surface area (Å²) in [5.74, 6) is 1.44. The maximum atomic E-state index is 5.99. The first-order chi connectivity index (χ1) is 13.8. The third-order valence-corrected chi connectivity index (χ3v) is 4.49. The molecule has 138 valence electrons. The van der Waals surface area contributed by atoms with E-state index in [0.29, 0.717) is 6.61 Å². The van der Waals surface area contributed by atoms with Crippen LogP contribution in [0.25, 0.3) is 23.1 Å². The number of rotatable bonds is 6. The fourth-order valence-corrected chi connectivity index (χ4v) is 3.00. The monoisotopic (exact) mass is 367 g/mol. The van der Waals surface area contributed by atoms with Crippen LogP contribution in [0.5, 0.6) is 11.5 Å². The Labute approximate surface area is 164 Å². The van der Waals surface area contributed by atoms with Crippen molar-refractivity contribution < 1.29 is 9.47 Å². The van der Waals surface area contributed by atoms with Crippen molar-refractivity contribution in [3.8, 4) is 11.5 Å². The summed E-state index contributed by atoms with van der Waals surface area (Å²) < 4.78 is 11.4. The van der Waals surface area contributed by atoms with Crippen molar-refractivity contribution in [1.29, 1.82) is 0 Å². The summed E-state index contributed by atoms with van der Waals surface area (Å²) >= 11 is 0. The Morgan fingerprint density at radius 2 is 1.61 bits per heavy atom. The summed E-state index contributed by atoms with van der Waals surface area (Å²) in [5.41, 5.74) is 4.05. The number of hydrogen-bond acceptors (Lipinski definition) is 3. The second kappa shape index (κ2) is 8.40. The van der Waals surface area contributed by atoms with Crippen molar-refractivity contribution in [2.24, 2.45) is 0 Å². The van der Waals surface area contributed by atoms with Crippen molar-refractivity contribution in [3.63, 3.8) is 0 Å². The smallest absolute Gasteiger partial charge is 0.162 e. The number of fused-ring (bicyclic) bond motifs is 1. The highest BCUT2D eigenvalue weighted by molar-refractivity contribution is 5.80. The van der Waals surface area contributed by atoms with Gasteiger partial charge in [-0.3, -0.25) is 0 Å². The van der Waals surface area contributed by atoms with Crippen LogP contribution < -0.4 is 9.47 Å². The van der Waals surface area contributed by atoms with Crippen molar-refractivity contribution in [2.45, 2.75) is 6.61 Å². The van der Waals surface area contributed by atoms with Gasteiger partial charge in [0.05, 0.1) is 18.3 Å². The Balaban J connectivity index is 1.54. The number of methoxy groups -OCH3 is 1. The van der Waals surface area contributed by atoms with Gasteiger partial charge in [-0.2, -0.15) is 0 Å². The molecule has 1 heterocycles. The predicted octanol–water partition coefficient (Wildman–Crippen LogP) is 5.99. The highest BCUT2D eigenvalue weighted by atomic mass is 16.5. The minimum absolute atomic E-state index is 0.497. The molecule has 3 nitrogen and oxygen atoms in total. The van der Waals surface area contributed by atoms with E-state index in [4.69, 9.17) is 9.47 Å². The molecule has 0 radical (unpaired) electrons. The Kier molecular flexibility index (Phi) is 5.34. The zero-order valence-electron chi connectivity index (χ0n) is 15.7. The molecule has 0 atom stereocenters. The lowest BCUT2D eigenvalue weighted by molar-refractivity contribution is 0.284. The second-order valence-corrected chi connectivity index (χ2v) is 6.45. The highest BCUT2D eigenvalue weighted by Gasteiger charge is 2.05. The van der Waals surface area contributed by atoms with Gasteiger partial charge in [-0.05, 0) is 41.5 Å². The molecule has 0 fully saturated rings. The fraction of sp³-hybridized carbons (Fsp3) is 0.0800. The van der Waals surface area contributed by atoms with Crippen LogP contribution in [0.4, 0.5) is 0 Å². The second-order valence-electron chi connectivity index (χ2n) is 6.45. The SMILES string of the molecule is COc1ccc(C=Cc2ccc3ccccc3n2)cc1OCc1ccccc1. The molecule has 0 N–H and O–H groups in total. The highest BCUT2D eigenvalue weighted by Crippen LogP contribution is 2.29. The number of para-hydroxylation sites is 1. The molecule has 0 unspecified atom stereocenters. The van der Waals surface area contributed by atoms with Crippen LogP contribution in [-0.2, 0) is 6.61 Å². The van der Waals surface area contributed by atoms with E-state index in [1.165, 1.54) is 0 Å². The molecule has 3 heteroatoms. The molecule has 3 aromatic carbocycles. The molecule has 0 aliphatic rings. The molecule has 4 rings (SSSR count). The van der Waals surface area contributed by atoms with Gasteiger partial charge in [0.25, 0.3) is 0 Å². The number of benzene rings is 3. The van der Waals surface area contributed by atoms with E-state index in [1.54, 1.807) is 7.11 Å². The van der Waals surface area contributed by atoms with Crippen LogP contribution in [0.15, 0.2) is 84.9 Å².